The Kier molecular flexibility index (Phi) is 5.91. The topological polar surface area (TPSA) is 67.6 Å². The molecular weight excluding hydrogens is 338 g/mol. The first-order chi connectivity index (χ1) is 12.1. The molecule has 5 nitrogen and oxygen atoms in total. The van der Waals surface area contributed by atoms with Crippen molar-refractivity contribution in [1.29, 1.82) is 0 Å². The highest BCUT2D eigenvalue weighted by atomic mass is 35.5. The highest BCUT2D eigenvalue weighted by Crippen LogP contribution is 2.19. The Morgan fingerprint density at radius 3 is 2.84 bits per heavy atom. The number of anilines is 1. The number of morpholine rings is 1. The van der Waals surface area contributed by atoms with Crippen LogP contribution in [-0.4, -0.2) is 43.2 Å². The van der Waals surface area contributed by atoms with Gasteiger partial charge in [-0.2, -0.15) is 0 Å². The summed E-state index contributed by atoms with van der Waals surface area (Å²) in [5.74, 6) is -0.214. The molecule has 132 valence electrons. The van der Waals surface area contributed by atoms with Gasteiger partial charge in [0.15, 0.2) is 0 Å². The number of ether oxygens (including phenoxy) is 1. The summed E-state index contributed by atoms with van der Waals surface area (Å²) >= 11 is 6.08. The molecule has 2 aromatic rings. The second-order valence-corrected chi connectivity index (χ2v) is 6.57. The lowest BCUT2D eigenvalue weighted by molar-refractivity contribution is -0.0292. The molecule has 3 rings (SSSR count). The van der Waals surface area contributed by atoms with Crippen molar-refractivity contribution in [2.24, 2.45) is 0 Å². The average molecular weight is 360 g/mol. The van der Waals surface area contributed by atoms with Crippen LogP contribution in [0.3, 0.4) is 0 Å². The van der Waals surface area contributed by atoms with Gasteiger partial charge in [0.2, 0.25) is 0 Å². The van der Waals surface area contributed by atoms with E-state index in [9.17, 15) is 4.79 Å². The molecule has 1 aliphatic heterocycles. The Labute approximate surface area is 152 Å². The Morgan fingerprint density at radius 2 is 2.08 bits per heavy atom. The third kappa shape index (κ3) is 4.95. The van der Waals surface area contributed by atoms with E-state index in [0.29, 0.717) is 29.4 Å². The number of nitrogens with one attached hydrogen (secondary N) is 1. The number of benzene rings is 2. The molecule has 0 radical (unpaired) electrons. The van der Waals surface area contributed by atoms with Gasteiger partial charge in [-0.1, -0.05) is 41.9 Å². The maximum Gasteiger partial charge on any atom is 0.252 e. The van der Waals surface area contributed by atoms with Gasteiger partial charge < -0.3 is 15.8 Å². The zero-order valence-electron chi connectivity index (χ0n) is 14.0. The number of nitrogens with two attached hydrogens (primary N) is 1. The first-order valence-corrected chi connectivity index (χ1v) is 8.71. The summed E-state index contributed by atoms with van der Waals surface area (Å²) in [5, 5.41) is 3.25. The number of amides is 1. The maximum absolute atomic E-state index is 12.3. The van der Waals surface area contributed by atoms with Crippen LogP contribution in [-0.2, 0) is 11.3 Å². The summed E-state index contributed by atoms with van der Waals surface area (Å²) in [6.45, 7) is 3.67. The van der Waals surface area contributed by atoms with Gasteiger partial charge in [-0.3, -0.25) is 9.69 Å². The number of halogens is 1. The lowest BCUT2D eigenvalue weighted by Gasteiger charge is -2.33. The second-order valence-electron chi connectivity index (χ2n) is 6.16. The minimum atomic E-state index is -0.214. The molecule has 1 heterocycles. The van der Waals surface area contributed by atoms with Crippen LogP contribution in [0.2, 0.25) is 5.02 Å². The lowest BCUT2D eigenvalue weighted by atomic mass is 10.1. The van der Waals surface area contributed by atoms with Gasteiger partial charge in [0.05, 0.1) is 23.3 Å². The molecule has 0 spiro atoms. The Balaban J connectivity index is 1.51. The lowest BCUT2D eigenvalue weighted by Crippen LogP contribution is -2.47. The highest BCUT2D eigenvalue weighted by molar-refractivity contribution is 6.34. The van der Waals surface area contributed by atoms with Gasteiger partial charge in [0, 0.05) is 31.9 Å². The van der Waals surface area contributed by atoms with Crippen molar-refractivity contribution in [3.05, 3.63) is 64.7 Å². The van der Waals surface area contributed by atoms with Gasteiger partial charge in [-0.25, -0.2) is 0 Å². The van der Waals surface area contributed by atoms with Crippen molar-refractivity contribution < 1.29 is 9.53 Å². The number of rotatable bonds is 5. The fraction of sp³-hybridized carbons (Fsp3) is 0.316. The minimum absolute atomic E-state index is 0.0334. The van der Waals surface area contributed by atoms with Gasteiger partial charge in [-0.15, -0.1) is 0 Å². The molecule has 25 heavy (non-hydrogen) atoms. The monoisotopic (exact) mass is 359 g/mol. The first kappa shape index (κ1) is 17.7. The molecular formula is C19H22ClN3O2. The van der Waals surface area contributed by atoms with Crippen molar-refractivity contribution in [3.8, 4) is 0 Å². The van der Waals surface area contributed by atoms with Crippen molar-refractivity contribution in [2.75, 3.05) is 32.0 Å². The Hall–Kier alpha value is -2.08. The first-order valence-electron chi connectivity index (χ1n) is 8.33. The summed E-state index contributed by atoms with van der Waals surface area (Å²) in [5.41, 5.74) is 7.89. The normalized spacial score (nSPS) is 18.0. The number of carbonyl (C=O) groups is 1. The quantitative estimate of drug-likeness (QED) is 0.805. The van der Waals surface area contributed by atoms with E-state index in [1.165, 1.54) is 5.56 Å². The summed E-state index contributed by atoms with van der Waals surface area (Å²) in [4.78, 5) is 14.6. The summed E-state index contributed by atoms with van der Waals surface area (Å²) in [6.07, 6.45) is -0.0334. The van der Waals surface area contributed by atoms with Crippen molar-refractivity contribution in [1.82, 2.24) is 10.2 Å². The maximum atomic E-state index is 12.3. The summed E-state index contributed by atoms with van der Waals surface area (Å²) in [7, 11) is 0. The smallest absolute Gasteiger partial charge is 0.252 e. The Morgan fingerprint density at radius 1 is 1.28 bits per heavy atom. The molecule has 1 aliphatic rings. The largest absolute Gasteiger partial charge is 0.399 e. The molecule has 2 aromatic carbocycles. The van der Waals surface area contributed by atoms with Gasteiger partial charge in [0.1, 0.15) is 0 Å². The molecule has 1 saturated heterocycles. The third-order valence-corrected chi connectivity index (χ3v) is 4.51. The van der Waals surface area contributed by atoms with Crippen molar-refractivity contribution >= 4 is 23.2 Å². The molecule has 1 amide bonds. The van der Waals surface area contributed by atoms with E-state index in [-0.39, 0.29) is 12.0 Å². The Bertz CT molecular complexity index is 724. The number of nitrogen functional groups attached to an aromatic ring is 1. The molecule has 1 fully saturated rings. The number of hydrogen-bond donors (Lipinski definition) is 2. The average Bonchev–Trinajstić information content (AvgIpc) is 2.61. The van der Waals surface area contributed by atoms with Crippen LogP contribution in [0.4, 0.5) is 5.69 Å². The van der Waals surface area contributed by atoms with Crippen LogP contribution < -0.4 is 11.1 Å². The number of hydrogen-bond acceptors (Lipinski definition) is 4. The molecule has 0 aliphatic carbocycles. The van der Waals surface area contributed by atoms with Crippen LogP contribution in [0, 0.1) is 0 Å². The van der Waals surface area contributed by atoms with Crippen LogP contribution in [0.5, 0.6) is 0 Å². The zero-order valence-corrected chi connectivity index (χ0v) is 14.7. The molecule has 0 bridgehead atoms. The van der Waals surface area contributed by atoms with E-state index >= 15 is 0 Å². The van der Waals surface area contributed by atoms with E-state index in [1.54, 1.807) is 18.2 Å². The van der Waals surface area contributed by atoms with Crippen LogP contribution >= 0.6 is 11.6 Å². The minimum Gasteiger partial charge on any atom is -0.399 e. The van der Waals surface area contributed by atoms with Gasteiger partial charge >= 0.3 is 0 Å². The van der Waals surface area contributed by atoms with E-state index < -0.39 is 0 Å². The SMILES string of the molecule is Nc1ccc(C(=O)NCC2CN(Cc3ccccc3)CCO2)c(Cl)c1. The molecule has 1 unspecified atom stereocenters. The molecule has 3 N–H and O–H groups in total. The van der Waals surface area contributed by atoms with Crippen LogP contribution in [0.15, 0.2) is 48.5 Å². The van der Waals surface area contributed by atoms with E-state index in [4.69, 9.17) is 22.1 Å². The van der Waals surface area contributed by atoms with E-state index in [2.05, 4.69) is 22.3 Å². The molecule has 6 heteroatoms. The number of nitrogens with zero attached hydrogens (tertiary/aromatic N) is 1. The fourth-order valence-electron chi connectivity index (χ4n) is 2.91. The zero-order chi connectivity index (χ0) is 17.6. The third-order valence-electron chi connectivity index (χ3n) is 4.20. The van der Waals surface area contributed by atoms with Crippen molar-refractivity contribution in [2.45, 2.75) is 12.6 Å². The summed E-state index contributed by atoms with van der Waals surface area (Å²) < 4.78 is 5.77. The molecule has 0 aromatic heterocycles. The number of carbonyl (C=O) groups excluding carboxylic acids is 1. The summed E-state index contributed by atoms with van der Waals surface area (Å²) in [6, 6.07) is 15.2. The van der Waals surface area contributed by atoms with Gasteiger partial charge in [0.25, 0.3) is 5.91 Å². The highest BCUT2D eigenvalue weighted by Gasteiger charge is 2.21. The predicted octanol–water partition coefficient (Wildman–Crippen LogP) is 2.55. The fourth-order valence-corrected chi connectivity index (χ4v) is 3.18. The van der Waals surface area contributed by atoms with Crippen LogP contribution in [0.25, 0.3) is 0 Å². The van der Waals surface area contributed by atoms with E-state index in [1.807, 2.05) is 18.2 Å². The molecule has 1 atom stereocenters. The standard InChI is InChI=1S/C19H22ClN3O2/c20-18-10-15(21)6-7-17(18)19(24)22-11-16-13-23(8-9-25-16)12-14-4-2-1-3-5-14/h1-7,10,16H,8-9,11-13,21H2,(H,22,24). The predicted molar refractivity (Wildman–Crippen MR) is 99.7 cm³/mol. The van der Waals surface area contributed by atoms with Crippen molar-refractivity contribution in [3.63, 3.8) is 0 Å². The molecule has 0 saturated carbocycles. The second kappa shape index (κ2) is 8.34. The van der Waals surface area contributed by atoms with Crippen LogP contribution in [0.1, 0.15) is 15.9 Å². The van der Waals surface area contributed by atoms with Gasteiger partial charge in [-0.05, 0) is 23.8 Å². The van der Waals surface area contributed by atoms with E-state index in [0.717, 1.165) is 19.6 Å².